The number of rotatable bonds is 8. The zero-order chi connectivity index (χ0) is 22.4. The highest BCUT2D eigenvalue weighted by Crippen LogP contribution is 2.23. The van der Waals surface area contributed by atoms with E-state index in [9.17, 15) is 9.59 Å². The number of fused-ring (bicyclic) bond motifs is 1. The zero-order valence-corrected chi connectivity index (χ0v) is 18.5. The first-order valence-electron chi connectivity index (χ1n) is 10.8. The lowest BCUT2D eigenvalue weighted by Crippen LogP contribution is -2.35. The topological polar surface area (TPSA) is 89.3 Å². The second-order valence-electron chi connectivity index (χ2n) is 7.94. The van der Waals surface area contributed by atoms with Crippen LogP contribution in [0, 0.1) is 5.92 Å². The molecule has 1 N–H and O–H groups in total. The van der Waals surface area contributed by atoms with Crippen molar-refractivity contribution in [2.24, 2.45) is 5.92 Å². The summed E-state index contributed by atoms with van der Waals surface area (Å²) in [7, 11) is 0. The van der Waals surface area contributed by atoms with E-state index >= 15 is 0 Å². The van der Waals surface area contributed by atoms with E-state index in [-0.39, 0.29) is 23.8 Å². The molecule has 2 aromatic rings. The maximum absolute atomic E-state index is 13.1. The van der Waals surface area contributed by atoms with Gasteiger partial charge >= 0.3 is 0 Å². The molecule has 2 amide bonds. The number of hydrogen-bond acceptors (Lipinski definition) is 5. The Balaban J connectivity index is 1.75. The molecule has 0 bridgehead atoms. The molecule has 3 rings (SSSR count). The Morgan fingerprint density at radius 1 is 1.26 bits per heavy atom. The Morgan fingerprint density at radius 2 is 2.06 bits per heavy atom. The van der Waals surface area contributed by atoms with E-state index in [1.807, 2.05) is 24.0 Å². The van der Waals surface area contributed by atoms with Crippen molar-refractivity contribution in [3.05, 3.63) is 54.1 Å². The van der Waals surface area contributed by atoms with Gasteiger partial charge in [0.05, 0.1) is 6.04 Å². The van der Waals surface area contributed by atoms with Crippen molar-refractivity contribution in [1.82, 2.24) is 25.0 Å². The van der Waals surface area contributed by atoms with Gasteiger partial charge in [-0.2, -0.15) is 0 Å². The summed E-state index contributed by atoms with van der Waals surface area (Å²) in [5.41, 5.74) is 0.592. The SMILES string of the molecule is C=CCOc1cccc(C(=O)N2CCc3nnc(C(NC(=O)CC)C(C)C)n3CC2)c1. The van der Waals surface area contributed by atoms with Crippen LogP contribution in [0.15, 0.2) is 36.9 Å². The molecule has 2 heterocycles. The van der Waals surface area contributed by atoms with Gasteiger partial charge in [-0.1, -0.05) is 39.5 Å². The molecule has 0 aliphatic carbocycles. The van der Waals surface area contributed by atoms with Crippen LogP contribution >= 0.6 is 0 Å². The van der Waals surface area contributed by atoms with Gasteiger partial charge in [-0.15, -0.1) is 10.2 Å². The fourth-order valence-corrected chi connectivity index (χ4v) is 3.64. The average Bonchev–Trinajstić information content (AvgIpc) is 3.05. The lowest BCUT2D eigenvalue weighted by Gasteiger charge is -2.23. The van der Waals surface area contributed by atoms with Crippen molar-refractivity contribution in [2.75, 3.05) is 19.7 Å². The van der Waals surface area contributed by atoms with Crippen LogP contribution in [-0.2, 0) is 17.8 Å². The highest BCUT2D eigenvalue weighted by Gasteiger charge is 2.28. The van der Waals surface area contributed by atoms with E-state index in [1.165, 1.54) is 0 Å². The van der Waals surface area contributed by atoms with E-state index in [4.69, 9.17) is 4.74 Å². The number of carbonyl (C=O) groups is 2. The van der Waals surface area contributed by atoms with Crippen LogP contribution in [0.5, 0.6) is 5.75 Å². The third-order valence-corrected chi connectivity index (χ3v) is 5.37. The molecule has 166 valence electrons. The fourth-order valence-electron chi connectivity index (χ4n) is 3.64. The molecule has 1 aliphatic rings. The summed E-state index contributed by atoms with van der Waals surface area (Å²) in [5.74, 6) is 2.35. The van der Waals surface area contributed by atoms with Gasteiger partial charge in [0.2, 0.25) is 5.91 Å². The Kier molecular flexibility index (Phi) is 7.44. The molecular formula is C23H31N5O3. The van der Waals surface area contributed by atoms with Crippen molar-refractivity contribution in [3.63, 3.8) is 0 Å². The summed E-state index contributed by atoms with van der Waals surface area (Å²) in [5, 5.41) is 11.8. The van der Waals surface area contributed by atoms with Gasteiger partial charge in [0.25, 0.3) is 5.91 Å². The van der Waals surface area contributed by atoms with Crippen LogP contribution in [0.4, 0.5) is 0 Å². The van der Waals surface area contributed by atoms with Gasteiger partial charge in [0.15, 0.2) is 5.82 Å². The highest BCUT2D eigenvalue weighted by molar-refractivity contribution is 5.94. The Bertz CT molecular complexity index is 937. The lowest BCUT2D eigenvalue weighted by molar-refractivity contribution is -0.121. The molecule has 1 aromatic heterocycles. The largest absolute Gasteiger partial charge is 0.490 e. The van der Waals surface area contributed by atoms with Crippen molar-refractivity contribution in [1.29, 1.82) is 0 Å². The number of ether oxygens (including phenoxy) is 1. The average molecular weight is 426 g/mol. The molecule has 31 heavy (non-hydrogen) atoms. The fraction of sp³-hybridized carbons (Fsp3) is 0.478. The van der Waals surface area contributed by atoms with Crippen LogP contribution in [-0.4, -0.2) is 51.2 Å². The third kappa shape index (κ3) is 5.31. The summed E-state index contributed by atoms with van der Waals surface area (Å²) < 4.78 is 7.61. The lowest BCUT2D eigenvalue weighted by atomic mass is 10.0. The van der Waals surface area contributed by atoms with Gasteiger partial charge in [-0.25, -0.2) is 0 Å². The van der Waals surface area contributed by atoms with Crippen LogP contribution < -0.4 is 10.1 Å². The molecule has 1 unspecified atom stereocenters. The predicted molar refractivity (Wildman–Crippen MR) is 118 cm³/mol. The second-order valence-corrected chi connectivity index (χ2v) is 7.94. The van der Waals surface area contributed by atoms with Gasteiger partial charge in [-0.05, 0) is 24.1 Å². The van der Waals surface area contributed by atoms with Gasteiger partial charge in [-0.3, -0.25) is 9.59 Å². The summed E-state index contributed by atoms with van der Waals surface area (Å²) >= 11 is 0. The molecule has 0 saturated heterocycles. The number of nitrogens with zero attached hydrogens (tertiary/aromatic N) is 4. The molecule has 0 saturated carbocycles. The molecule has 8 heteroatoms. The van der Waals surface area contributed by atoms with E-state index < -0.39 is 0 Å². The third-order valence-electron chi connectivity index (χ3n) is 5.37. The molecule has 1 aliphatic heterocycles. The number of amides is 2. The maximum atomic E-state index is 13.1. The van der Waals surface area contributed by atoms with E-state index in [1.54, 1.807) is 18.2 Å². The first-order chi connectivity index (χ1) is 14.9. The van der Waals surface area contributed by atoms with E-state index in [0.717, 1.165) is 11.6 Å². The summed E-state index contributed by atoms with van der Waals surface area (Å²) in [6, 6.07) is 6.99. The van der Waals surface area contributed by atoms with Crippen LogP contribution in [0.2, 0.25) is 0 Å². The number of benzene rings is 1. The monoisotopic (exact) mass is 425 g/mol. The number of aromatic nitrogens is 3. The molecule has 8 nitrogen and oxygen atoms in total. The summed E-state index contributed by atoms with van der Waals surface area (Å²) in [4.78, 5) is 27.0. The Labute approximate surface area is 183 Å². The first kappa shape index (κ1) is 22.5. The molecule has 0 radical (unpaired) electrons. The zero-order valence-electron chi connectivity index (χ0n) is 18.5. The molecule has 0 spiro atoms. The van der Waals surface area contributed by atoms with Crippen molar-refractivity contribution in [2.45, 2.75) is 46.2 Å². The molecule has 1 aromatic carbocycles. The van der Waals surface area contributed by atoms with Crippen LogP contribution in [0.25, 0.3) is 0 Å². The van der Waals surface area contributed by atoms with Gasteiger partial charge in [0.1, 0.15) is 18.2 Å². The van der Waals surface area contributed by atoms with Crippen molar-refractivity contribution < 1.29 is 14.3 Å². The molecule has 0 fully saturated rings. The standard InChI is InChI=1S/C23H31N5O3/c1-5-14-31-18-9-7-8-17(15-18)23(30)27-11-10-19-25-26-22(28(19)13-12-27)21(16(3)4)24-20(29)6-2/h5,7-9,15-16,21H,1,6,10-14H2,2-4H3,(H,24,29). The summed E-state index contributed by atoms with van der Waals surface area (Å²) in [6.07, 6.45) is 2.70. The van der Waals surface area contributed by atoms with Crippen LogP contribution in [0.3, 0.4) is 0 Å². The van der Waals surface area contributed by atoms with Crippen LogP contribution in [0.1, 0.15) is 55.2 Å². The minimum absolute atomic E-state index is 0.0139. The van der Waals surface area contributed by atoms with Crippen molar-refractivity contribution >= 4 is 11.8 Å². The van der Waals surface area contributed by atoms with Gasteiger partial charge < -0.3 is 19.5 Å². The number of hydrogen-bond donors (Lipinski definition) is 1. The number of nitrogens with one attached hydrogen (secondary N) is 1. The second kappa shape index (κ2) is 10.2. The Morgan fingerprint density at radius 3 is 2.77 bits per heavy atom. The normalized spacial score (nSPS) is 14.5. The molecule has 1 atom stereocenters. The van der Waals surface area contributed by atoms with E-state index in [0.29, 0.717) is 50.4 Å². The highest BCUT2D eigenvalue weighted by atomic mass is 16.5. The molecular weight excluding hydrogens is 394 g/mol. The summed E-state index contributed by atoms with van der Waals surface area (Å²) in [6.45, 7) is 11.7. The predicted octanol–water partition coefficient (Wildman–Crippen LogP) is 2.76. The van der Waals surface area contributed by atoms with Crippen molar-refractivity contribution in [3.8, 4) is 5.75 Å². The van der Waals surface area contributed by atoms with Gasteiger partial charge in [0, 0.05) is 38.0 Å². The smallest absolute Gasteiger partial charge is 0.254 e. The quantitative estimate of drug-likeness (QED) is 0.657. The minimum Gasteiger partial charge on any atom is -0.490 e. The Hall–Kier alpha value is -3.16. The minimum atomic E-state index is -0.213. The number of carbonyl (C=O) groups excluding carboxylic acids is 2. The maximum Gasteiger partial charge on any atom is 0.254 e. The van der Waals surface area contributed by atoms with E-state index in [2.05, 4.69) is 40.5 Å². The first-order valence-corrected chi connectivity index (χ1v) is 10.8.